The fourth-order valence-corrected chi connectivity index (χ4v) is 7.36. The summed E-state index contributed by atoms with van der Waals surface area (Å²) in [4.78, 5) is 36.0. The van der Waals surface area contributed by atoms with Crippen molar-refractivity contribution in [2.45, 2.75) is 62.0 Å². The van der Waals surface area contributed by atoms with Gasteiger partial charge in [-0.05, 0) is 87.1 Å². The number of carbonyl (C=O) groups is 3. The fraction of sp³-hybridized carbons (Fsp3) is 0.483. The highest BCUT2D eigenvalue weighted by molar-refractivity contribution is 8.45. The molecule has 0 aromatic heterocycles. The first kappa shape index (κ1) is 31.8. The second-order valence-corrected chi connectivity index (χ2v) is 14.2. The molecule has 3 aliphatic carbocycles. The van der Waals surface area contributed by atoms with Crippen LogP contribution in [-0.2, 0) is 9.59 Å². The summed E-state index contributed by atoms with van der Waals surface area (Å²) in [6.45, 7) is 0. The molecule has 44 heavy (non-hydrogen) atoms. The summed E-state index contributed by atoms with van der Waals surface area (Å²) in [7, 11) is -8.61. The second kappa shape index (κ2) is 10.8. The van der Waals surface area contributed by atoms with E-state index in [2.05, 4.69) is 10.6 Å². The first-order valence-corrected chi connectivity index (χ1v) is 16.1. The predicted octanol–water partition coefficient (Wildman–Crippen LogP) is 7.30. The average molecular weight is 651 g/mol. The standard InChI is InChI=1S/C29H32F6N2O6S/c1-42-23-14-22(30)24(43-19-8-4-15(5-9-19)29(40)41)13-21(23)27(38)37-26-17-3-2-16(12-17)25(26)28(39)36-18-6-10-20(11-7-18)44(31,32,33,34)35/h6-7,10-11,13-17,19,25-26H,2-5,8-9,12H2,1H3,(H,36,39)(H,37,38)(H,40,41). The van der Waals surface area contributed by atoms with Crippen LogP contribution in [0.4, 0.5) is 29.5 Å². The number of rotatable bonds is 9. The molecule has 4 atom stereocenters. The average Bonchev–Trinajstić information content (AvgIpc) is 3.55. The van der Waals surface area contributed by atoms with Crippen LogP contribution in [-0.4, -0.2) is 42.1 Å². The normalized spacial score (nSPS) is 28.0. The molecule has 15 heteroatoms. The zero-order valence-electron chi connectivity index (χ0n) is 23.5. The minimum Gasteiger partial charge on any atom is -0.496 e. The molecule has 2 amide bonds. The minimum atomic E-state index is -9.87. The van der Waals surface area contributed by atoms with Crippen molar-refractivity contribution in [1.29, 1.82) is 0 Å². The number of hydrogen-bond donors (Lipinski definition) is 3. The Bertz CT molecular complexity index is 1470. The number of methoxy groups -OCH3 is 1. The van der Waals surface area contributed by atoms with E-state index in [1.807, 2.05) is 0 Å². The SMILES string of the molecule is COc1cc(F)c(OC2CCC(C(=O)O)CC2)cc1C(=O)NC1C2CCC(C2)C1C(=O)Nc1ccc(S(F)(F)(F)(F)F)cc1. The molecule has 0 spiro atoms. The largest absolute Gasteiger partial charge is 0.496 e. The van der Waals surface area contributed by atoms with Gasteiger partial charge in [0.2, 0.25) is 5.91 Å². The van der Waals surface area contributed by atoms with E-state index in [4.69, 9.17) is 9.47 Å². The van der Waals surface area contributed by atoms with Gasteiger partial charge < -0.3 is 25.2 Å². The molecule has 0 saturated heterocycles. The molecule has 0 radical (unpaired) electrons. The Morgan fingerprint density at radius 2 is 1.52 bits per heavy atom. The molecule has 0 heterocycles. The van der Waals surface area contributed by atoms with Crippen LogP contribution >= 0.6 is 10.2 Å². The summed E-state index contributed by atoms with van der Waals surface area (Å²) < 4.78 is 91.3. The number of amides is 2. The Morgan fingerprint density at radius 1 is 0.886 bits per heavy atom. The number of carboxylic acids is 1. The van der Waals surface area contributed by atoms with Crippen molar-refractivity contribution in [3.8, 4) is 11.5 Å². The van der Waals surface area contributed by atoms with E-state index < -0.39 is 62.7 Å². The van der Waals surface area contributed by atoms with Crippen molar-refractivity contribution in [3.63, 3.8) is 0 Å². The number of nitrogens with one attached hydrogen (secondary N) is 2. The third-order valence-corrected chi connectivity index (χ3v) is 10.1. The molecular weight excluding hydrogens is 618 g/mol. The molecule has 5 rings (SSSR count). The second-order valence-electron chi connectivity index (χ2n) is 11.8. The number of carbonyl (C=O) groups excluding carboxylic acids is 2. The van der Waals surface area contributed by atoms with E-state index in [1.165, 1.54) is 13.2 Å². The number of benzene rings is 2. The van der Waals surface area contributed by atoms with Crippen molar-refractivity contribution < 1.29 is 52.8 Å². The van der Waals surface area contributed by atoms with Crippen LogP contribution in [0.3, 0.4) is 0 Å². The van der Waals surface area contributed by atoms with Crippen LogP contribution in [0.5, 0.6) is 11.5 Å². The summed E-state index contributed by atoms with van der Waals surface area (Å²) in [6, 6.07) is 3.50. The van der Waals surface area contributed by atoms with E-state index in [0.29, 0.717) is 38.5 Å². The summed E-state index contributed by atoms with van der Waals surface area (Å²) in [5.74, 6) is -4.60. The lowest BCUT2D eigenvalue weighted by molar-refractivity contribution is -0.143. The summed E-state index contributed by atoms with van der Waals surface area (Å²) >= 11 is 0. The third-order valence-electron chi connectivity index (χ3n) is 8.90. The Balaban J connectivity index is 1.30. The zero-order chi connectivity index (χ0) is 32.1. The van der Waals surface area contributed by atoms with Crippen molar-refractivity contribution in [2.24, 2.45) is 23.7 Å². The van der Waals surface area contributed by atoms with E-state index in [9.17, 15) is 43.3 Å². The van der Waals surface area contributed by atoms with E-state index >= 15 is 0 Å². The third kappa shape index (κ3) is 6.71. The molecule has 2 aromatic carbocycles. The predicted molar refractivity (Wildman–Crippen MR) is 149 cm³/mol. The fourth-order valence-electron chi connectivity index (χ4n) is 6.71. The number of carboxylic acid groups (broad SMARTS) is 1. The number of fused-ring (bicyclic) bond motifs is 2. The van der Waals surface area contributed by atoms with Gasteiger partial charge in [-0.3, -0.25) is 14.4 Å². The molecule has 3 saturated carbocycles. The maximum Gasteiger partial charge on any atom is 0.310 e. The lowest BCUT2D eigenvalue weighted by atomic mass is 9.83. The topological polar surface area (TPSA) is 114 Å². The number of hydrogen-bond acceptors (Lipinski definition) is 5. The van der Waals surface area contributed by atoms with Gasteiger partial charge in [-0.2, -0.15) is 0 Å². The van der Waals surface area contributed by atoms with Gasteiger partial charge in [0.15, 0.2) is 11.6 Å². The Morgan fingerprint density at radius 3 is 2.11 bits per heavy atom. The van der Waals surface area contributed by atoms with Crippen LogP contribution < -0.4 is 20.1 Å². The van der Waals surface area contributed by atoms with E-state index in [1.54, 1.807) is 0 Å². The molecule has 242 valence electrons. The minimum absolute atomic E-state index is 0.0448. The zero-order valence-corrected chi connectivity index (χ0v) is 24.4. The number of halogens is 6. The monoisotopic (exact) mass is 650 g/mol. The summed E-state index contributed by atoms with van der Waals surface area (Å²) in [5.41, 5.74) is -0.149. The van der Waals surface area contributed by atoms with E-state index in [0.717, 1.165) is 24.6 Å². The Labute approximate surface area is 249 Å². The van der Waals surface area contributed by atoms with Crippen molar-refractivity contribution in [2.75, 3.05) is 12.4 Å². The summed E-state index contributed by atoms with van der Waals surface area (Å²) in [6.07, 6.45) is 3.15. The van der Waals surface area contributed by atoms with Gasteiger partial charge in [0.25, 0.3) is 5.91 Å². The van der Waals surface area contributed by atoms with Gasteiger partial charge in [0.1, 0.15) is 10.6 Å². The van der Waals surface area contributed by atoms with Gasteiger partial charge >= 0.3 is 16.2 Å². The van der Waals surface area contributed by atoms with Crippen LogP contribution in [0.1, 0.15) is 55.3 Å². The maximum absolute atomic E-state index is 14.9. The van der Waals surface area contributed by atoms with Crippen molar-refractivity contribution in [1.82, 2.24) is 5.32 Å². The van der Waals surface area contributed by atoms with Gasteiger partial charge in [0.05, 0.1) is 30.6 Å². The Kier molecular flexibility index (Phi) is 7.78. The smallest absolute Gasteiger partial charge is 0.310 e. The van der Waals surface area contributed by atoms with Gasteiger partial charge in [-0.25, -0.2) is 4.39 Å². The highest BCUT2D eigenvalue weighted by atomic mass is 32.5. The molecule has 8 nitrogen and oxygen atoms in total. The Hall–Kier alpha value is -3.62. The lowest BCUT2D eigenvalue weighted by Gasteiger charge is -2.40. The molecular formula is C29H32F6N2O6S. The van der Waals surface area contributed by atoms with Crippen LogP contribution in [0, 0.1) is 29.5 Å². The molecule has 3 fully saturated rings. The van der Waals surface area contributed by atoms with Crippen molar-refractivity contribution >= 4 is 33.7 Å². The van der Waals surface area contributed by atoms with Crippen LogP contribution in [0.2, 0.25) is 0 Å². The van der Waals surface area contributed by atoms with Gasteiger partial charge in [-0.1, -0.05) is 19.4 Å². The first-order chi connectivity index (χ1) is 20.4. The molecule has 3 aliphatic rings. The summed E-state index contributed by atoms with van der Waals surface area (Å²) in [5, 5.41) is 14.6. The number of anilines is 1. The molecule has 3 N–H and O–H groups in total. The van der Waals surface area contributed by atoms with Gasteiger partial charge in [0, 0.05) is 17.8 Å². The molecule has 0 aliphatic heterocycles. The van der Waals surface area contributed by atoms with Crippen molar-refractivity contribution in [3.05, 3.63) is 47.8 Å². The highest BCUT2D eigenvalue weighted by Gasteiger charge is 2.65. The van der Waals surface area contributed by atoms with Crippen LogP contribution in [0.15, 0.2) is 41.3 Å². The molecule has 2 aromatic rings. The number of ether oxygens (including phenoxy) is 2. The highest BCUT2D eigenvalue weighted by Crippen LogP contribution is 3.02. The van der Waals surface area contributed by atoms with Gasteiger partial charge in [-0.15, -0.1) is 0 Å². The quantitative estimate of drug-likeness (QED) is 0.246. The van der Waals surface area contributed by atoms with E-state index in [-0.39, 0.29) is 46.7 Å². The first-order valence-electron chi connectivity index (χ1n) is 14.2. The maximum atomic E-state index is 14.9. The molecule has 4 unspecified atom stereocenters. The molecule has 2 bridgehead atoms. The van der Waals surface area contributed by atoms with Crippen LogP contribution in [0.25, 0.3) is 0 Å². The lowest BCUT2D eigenvalue weighted by Crippen LogP contribution is -2.48. The number of aliphatic carboxylic acids is 1.